The number of hydrogen-bond acceptors (Lipinski definition) is 5. The predicted molar refractivity (Wildman–Crippen MR) is 69.6 cm³/mol. The highest BCUT2D eigenvalue weighted by molar-refractivity contribution is 5.63. The Morgan fingerprint density at radius 2 is 2.12 bits per heavy atom. The van der Waals surface area contributed by atoms with Crippen LogP contribution in [-0.2, 0) is 4.74 Å². The van der Waals surface area contributed by atoms with Crippen LogP contribution in [0.15, 0.2) is 12.1 Å². The van der Waals surface area contributed by atoms with Gasteiger partial charge in [-0.2, -0.15) is 4.98 Å². The van der Waals surface area contributed by atoms with Gasteiger partial charge in [0.05, 0.1) is 25.5 Å². The zero-order chi connectivity index (χ0) is 12.8. The monoisotopic (exact) mass is 239 g/mol. The molecule has 1 aromatic rings. The third kappa shape index (κ3) is 4.11. The van der Waals surface area contributed by atoms with Crippen LogP contribution in [0.1, 0.15) is 13.8 Å². The summed E-state index contributed by atoms with van der Waals surface area (Å²) >= 11 is 0. The van der Waals surface area contributed by atoms with Crippen molar-refractivity contribution in [3.05, 3.63) is 12.1 Å². The number of nitrogens with two attached hydrogens (primary N) is 1. The molecule has 0 spiro atoms. The van der Waals surface area contributed by atoms with E-state index in [1.165, 1.54) is 0 Å². The van der Waals surface area contributed by atoms with Gasteiger partial charge in [-0.05, 0) is 19.9 Å². The van der Waals surface area contributed by atoms with Crippen LogP contribution in [0, 0.1) is 0 Å². The molecule has 0 saturated carbocycles. The van der Waals surface area contributed by atoms with Crippen LogP contribution in [0.25, 0.3) is 0 Å². The van der Waals surface area contributed by atoms with Gasteiger partial charge in [-0.25, -0.2) is 0 Å². The van der Waals surface area contributed by atoms with E-state index in [-0.39, 0.29) is 6.10 Å². The second kappa shape index (κ2) is 6.30. The lowest BCUT2D eigenvalue weighted by molar-refractivity contribution is 0.0845. The smallest absolute Gasteiger partial charge is 0.215 e. The number of likely N-dealkylation sites (N-methyl/N-ethyl adjacent to an activating group) is 1. The van der Waals surface area contributed by atoms with Gasteiger partial charge in [0.25, 0.3) is 0 Å². The second-order valence-electron chi connectivity index (χ2n) is 4.11. The van der Waals surface area contributed by atoms with Gasteiger partial charge in [0.1, 0.15) is 0 Å². The second-order valence-corrected chi connectivity index (χ2v) is 4.11. The molecule has 0 saturated heterocycles. The summed E-state index contributed by atoms with van der Waals surface area (Å²) in [6.45, 7) is 5.41. The van der Waals surface area contributed by atoms with Gasteiger partial charge in [0.2, 0.25) is 5.88 Å². The van der Waals surface area contributed by atoms with E-state index in [0.29, 0.717) is 18.2 Å². The van der Waals surface area contributed by atoms with Crippen LogP contribution in [0.2, 0.25) is 0 Å². The van der Waals surface area contributed by atoms with Crippen molar-refractivity contribution in [1.82, 2.24) is 4.98 Å². The molecule has 0 fully saturated rings. The zero-order valence-electron chi connectivity index (χ0n) is 10.9. The maximum Gasteiger partial charge on any atom is 0.215 e. The summed E-state index contributed by atoms with van der Waals surface area (Å²) in [5.74, 6) is 1.28. The van der Waals surface area contributed by atoms with Crippen LogP contribution in [0.5, 0.6) is 5.88 Å². The summed E-state index contributed by atoms with van der Waals surface area (Å²) in [4.78, 5) is 6.27. The molecule has 0 aliphatic heterocycles. The van der Waals surface area contributed by atoms with Gasteiger partial charge < -0.3 is 20.1 Å². The number of nitrogen functional groups attached to an aromatic ring is 1. The molecule has 2 N–H and O–H groups in total. The first-order chi connectivity index (χ1) is 8.04. The van der Waals surface area contributed by atoms with Crippen molar-refractivity contribution in [3.8, 4) is 5.88 Å². The fourth-order valence-corrected chi connectivity index (χ4v) is 1.39. The number of ether oxygens (including phenoxy) is 2. The highest BCUT2D eigenvalue weighted by Gasteiger charge is 2.08. The standard InChI is InChI=1S/C12H21N3O2/c1-9(2)17-8-7-15(3)12-10(13)5-6-11(14-12)16-4/h5-6,9H,7-8,13H2,1-4H3. The maximum absolute atomic E-state index is 5.88. The summed E-state index contributed by atoms with van der Waals surface area (Å²) in [5.41, 5.74) is 6.51. The highest BCUT2D eigenvalue weighted by Crippen LogP contribution is 2.22. The average Bonchev–Trinajstić information content (AvgIpc) is 2.29. The first kappa shape index (κ1) is 13.6. The third-order valence-electron chi connectivity index (χ3n) is 2.33. The van der Waals surface area contributed by atoms with Crippen molar-refractivity contribution in [3.63, 3.8) is 0 Å². The molecular weight excluding hydrogens is 218 g/mol. The molecule has 96 valence electrons. The summed E-state index contributed by atoms with van der Waals surface area (Å²) in [7, 11) is 3.52. The molecular formula is C12H21N3O2. The minimum Gasteiger partial charge on any atom is -0.481 e. The molecule has 5 heteroatoms. The molecule has 0 bridgehead atoms. The van der Waals surface area contributed by atoms with Crippen molar-refractivity contribution in [2.75, 3.05) is 37.9 Å². The van der Waals surface area contributed by atoms with Gasteiger partial charge in [0.15, 0.2) is 5.82 Å². The Morgan fingerprint density at radius 1 is 1.41 bits per heavy atom. The van der Waals surface area contributed by atoms with E-state index in [1.54, 1.807) is 19.2 Å². The van der Waals surface area contributed by atoms with Crippen molar-refractivity contribution < 1.29 is 9.47 Å². The fraction of sp³-hybridized carbons (Fsp3) is 0.583. The molecule has 17 heavy (non-hydrogen) atoms. The van der Waals surface area contributed by atoms with Crippen molar-refractivity contribution in [2.24, 2.45) is 0 Å². The number of nitrogens with zero attached hydrogens (tertiary/aromatic N) is 2. The van der Waals surface area contributed by atoms with Gasteiger partial charge >= 0.3 is 0 Å². The van der Waals surface area contributed by atoms with E-state index in [4.69, 9.17) is 15.2 Å². The molecule has 0 atom stereocenters. The van der Waals surface area contributed by atoms with Crippen molar-refractivity contribution >= 4 is 11.5 Å². The first-order valence-corrected chi connectivity index (χ1v) is 5.68. The quantitative estimate of drug-likeness (QED) is 0.815. The lowest BCUT2D eigenvalue weighted by Gasteiger charge is -2.20. The van der Waals surface area contributed by atoms with Gasteiger partial charge in [0, 0.05) is 19.7 Å². The molecule has 0 unspecified atom stereocenters. The average molecular weight is 239 g/mol. The molecule has 0 amide bonds. The molecule has 1 aromatic heterocycles. The van der Waals surface area contributed by atoms with E-state index in [1.807, 2.05) is 25.8 Å². The van der Waals surface area contributed by atoms with Crippen LogP contribution in [-0.4, -0.2) is 38.4 Å². The van der Waals surface area contributed by atoms with E-state index < -0.39 is 0 Å². The lowest BCUT2D eigenvalue weighted by Crippen LogP contribution is -2.25. The number of hydrogen-bond donors (Lipinski definition) is 1. The van der Waals surface area contributed by atoms with Crippen LogP contribution < -0.4 is 15.4 Å². The molecule has 0 aliphatic rings. The van der Waals surface area contributed by atoms with Crippen molar-refractivity contribution in [2.45, 2.75) is 20.0 Å². The number of methoxy groups -OCH3 is 1. The first-order valence-electron chi connectivity index (χ1n) is 5.68. The minimum atomic E-state index is 0.235. The summed E-state index contributed by atoms with van der Waals surface area (Å²) < 4.78 is 10.6. The van der Waals surface area contributed by atoms with E-state index in [2.05, 4.69) is 4.98 Å². The summed E-state index contributed by atoms with van der Waals surface area (Å²) in [6, 6.07) is 3.54. The zero-order valence-corrected chi connectivity index (χ0v) is 10.9. The third-order valence-corrected chi connectivity index (χ3v) is 2.33. The molecule has 5 nitrogen and oxygen atoms in total. The Morgan fingerprint density at radius 3 is 2.71 bits per heavy atom. The minimum absolute atomic E-state index is 0.235. The van der Waals surface area contributed by atoms with E-state index >= 15 is 0 Å². The molecule has 1 heterocycles. The molecule has 0 radical (unpaired) electrons. The van der Waals surface area contributed by atoms with Gasteiger partial charge in [-0.1, -0.05) is 0 Å². The summed E-state index contributed by atoms with van der Waals surface area (Å²) in [5, 5.41) is 0. The number of rotatable bonds is 6. The Kier molecular flexibility index (Phi) is 5.03. The normalized spacial score (nSPS) is 10.6. The maximum atomic E-state index is 5.88. The van der Waals surface area contributed by atoms with E-state index in [0.717, 1.165) is 12.4 Å². The number of anilines is 2. The Balaban J connectivity index is 2.64. The number of pyridine rings is 1. The Labute approximate surface area is 103 Å². The van der Waals surface area contributed by atoms with Gasteiger partial charge in [-0.3, -0.25) is 0 Å². The largest absolute Gasteiger partial charge is 0.481 e. The van der Waals surface area contributed by atoms with Crippen LogP contribution in [0.3, 0.4) is 0 Å². The van der Waals surface area contributed by atoms with Crippen molar-refractivity contribution in [1.29, 1.82) is 0 Å². The molecule has 1 rings (SSSR count). The Hall–Kier alpha value is -1.49. The Bertz CT molecular complexity index is 356. The van der Waals surface area contributed by atoms with Gasteiger partial charge in [-0.15, -0.1) is 0 Å². The highest BCUT2D eigenvalue weighted by atomic mass is 16.5. The predicted octanol–water partition coefficient (Wildman–Crippen LogP) is 1.53. The lowest BCUT2D eigenvalue weighted by atomic mass is 10.3. The topological polar surface area (TPSA) is 60.6 Å². The van der Waals surface area contributed by atoms with Crippen LogP contribution >= 0.6 is 0 Å². The SMILES string of the molecule is COc1ccc(N)c(N(C)CCOC(C)C)n1. The van der Waals surface area contributed by atoms with Crippen LogP contribution in [0.4, 0.5) is 11.5 Å². The summed E-state index contributed by atoms with van der Waals surface area (Å²) in [6.07, 6.45) is 0.235. The molecule has 0 aliphatic carbocycles. The number of aromatic nitrogens is 1. The molecule has 0 aromatic carbocycles. The fourth-order valence-electron chi connectivity index (χ4n) is 1.39. The van der Waals surface area contributed by atoms with E-state index in [9.17, 15) is 0 Å².